The van der Waals surface area contributed by atoms with E-state index in [1.807, 2.05) is 30.3 Å². The highest BCUT2D eigenvalue weighted by molar-refractivity contribution is 5.87. The lowest BCUT2D eigenvalue weighted by Crippen LogP contribution is -2.01. The number of nitriles is 1. The largest absolute Gasteiger partial charge is 0.478 e. The molecule has 3 aromatic rings. The van der Waals surface area contributed by atoms with E-state index >= 15 is 0 Å². The van der Waals surface area contributed by atoms with Crippen LogP contribution in [0.15, 0.2) is 54.9 Å². The second-order valence-corrected chi connectivity index (χ2v) is 4.52. The topological polar surface area (TPSA) is 91.8 Å². The second-order valence-electron chi connectivity index (χ2n) is 4.52. The van der Waals surface area contributed by atoms with Crippen molar-refractivity contribution >= 4 is 5.97 Å². The smallest absolute Gasteiger partial charge is 0.338 e. The Labute approximate surface area is 125 Å². The Morgan fingerprint density at radius 1 is 1.18 bits per heavy atom. The fourth-order valence-corrected chi connectivity index (χ4v) is 2.07. The van der Waals surface area contributed by atoms with Crippen LogP contribution in [0.1, 0.15) is 16.1 Å². The quantitative estimate of drug-likeness (QED) is 0.800. The van der Waals surface area contributed by atoms with Gasteiger partial charge in [0.15, 0.2) is 11.5 Å². The molecule has 0 radical (unpaired) electrons. The van der Waals surface area contributed by atoms with Gasteiger partial charge < -0.3 is 5.11 Å². The van der Waals surface area contributed by atoms with Crippen molar-refractivity contribution in [2.24, 2.45) is 0 Å². The van der Waals surface area contributed by atoms with Crippen LogP contribution in [0.25, 0.3) is 16.9 Å². The normalized spacial score (nSPS) is 10.1. The van der Waals surface area contributed by atoms with Gasteiger partial charge in [-0.25, -0.2) is 14.5 Å². The third kappa shape index (κ3) is 2.43. The van der Waals surface area contributed by atoms with E-state index in [1.165, 1.54) is 17.1 Å². The number of rotatable bonds is 3. The monoisotopic (exact) mass is 290 g/mol. The number of hydrogen-bond donors (Lipinski definition) is 1. The number of hydrogen-bond acceptors (Lipinski definition) is 4. The van der Waals surface area contributed by atoms with Crippen molar-refractivity contribution in [1.29, 1.82) is 5.26 Å². The summed E-state index contributed by atoms with van der Waals surface area (Å²) in [4.78, 5) is 15.1. The van der Waals surface area contributed by atoms with Crippen LogP contribution >= 0.6 is 0 Å². The highest BCUT2D eigenvalue weighted by atomic mass is 16.4. The molecule has 3 rings (SSSR count). The molecule has 0 spiro atoms. The van der Waals surface area contributed by atoms with Crippen molar-refractivity contribution in [2.75, 3.05) is 0 Å². The molecule has 0 fully saturated rings. The summed E-state index contributed by atoms with van der Waals surface area (Å²) in [5, 5.41) is 22.2. The average Bonchev–Trinajstić information content (AvgIpc) is 3.05. The zero-order valence-corrected chi connectivity index (χ0v) is 11.3. The van der Waals surface area contributed by atoms with Crippen LogP contribution in [0.3, 0.4) is 0 Å². The zero-order valence-electron chi connectivity index (χ0n) is 11.3. The number of aromatic carboxylic acids is 1. The zero-order chi connectivity index (χ0) is 15.5. The van der Waals surface area contributed by atoms with Crippen LogP contribution in [0.2, 0.25) is 0 Å². The Bertz CT molecular complexity index is 879. The number of nitrogens with zero attached hydrogens (tertiary/aromatic N) is 4. The first-order valence-corrected chi connectivity index (χ1v) is 6.44. The van der Waals surface area contributed by atoms with Gasteiger partial charge in [0.05, 0.1) is 11.8 Å². The molecule has 0 atom stereocenters. The molecule has 0 saturated carbocycles. The number of carboxylic acid groups (broad SMARTS) is 1. The van der Waals surface area contributed by atoms with Crippen LogP contribution in [0.4, 0.5) is 0 Å². The van der Waals surface area contributed by atoms with Crippen molar-refractivity contribution < 1.29 is 9.90 Å². The highest BCUT2D eigenvalue weighted by Gasteiger charge is 2.11. The number of carboxylic acids is 1. The number of aromatic nitrogens is 3. The van der Waals surface area contributed by atoms with Gasteiger partial charge in [-0.15, -0.1) is 0 Å². The minimum atomic E-state index is -1.06. The van der Waals surface area contributed by atoms with Gasteiger partial charge in [0.25, 0.3) is 0 Å². The van der Waals surface area contributed by atoms with Crippen LogP contribution in [0.5, 0.6) is 0 Å². The summed E-state index contributed by atoms with van der Waals surface area (Å²) in [5.74, 6) is -0.670. The summed E-state index contributed by atoms with van der Waals surface area (Å²) in [6, 6.07) is 15.0. The second kappa shape index (κ2) is 5.50. The molecule has 0 unspecified atom stereocenters. The maximum absolute atomic E-state index is 10.9. The Balaban J connectivity index is 2.05. The fraction of sp³-hybridized carbons (Fsp3) is 0. The molecule has 0 aliphatic carbocycles. The van der Waals surface area contributed by atoms with Crippen molar-refractivity contribution in [1.82, 2.24) is 14.8 Å². The van der Waals surface area contributed by atoms with Crippen LogP contribution in [-0.4, -0.2) is 25.8 Å². The van der Waals surface area contributed by atoms with Gasteiger partial charge in [-0.3, -0.25) is 0 Å². The predicted molar refractivity (Wildman–Crippen MR) is 78.5 cm³/mol. The molecule has 1 aromatic carbocycles. The molecular formula is C16H10N4O2. The Hall–Kier alpha value is -3.46. The third-order valence-electron chi connectivity index (χ3n) is 3.14. The molecule has 0 bridgehead atoms. The van der Waals surface area contributed by atoms with Crippen LogP contribution < -0.4 is 0 Å². The molecule has 2 aromatic heterocycles. The Morgan fingerprint density at radius 2 is 1.95 bits per heavy atom. The Kier molecular flexibility index (Phi) is 3.38. The lowest BCUT2D eigenvalue weighted by molar-refractivity contribution is 0.0697. The van der Waals surface area contributed by atoms with E-state index in [-0.39, 0.29) is 11.3 Å². The SMILES string of the molecule is N#Cc1nc(-n2cc(C(=O)O)cn2)ccc1-c1ccccc1. The average molecular weight is 290 g/mol. The molecule has 1 N–H and O–H groups in total. The van der Waals surface area contributed by atoms with Gasteiger partial charge >= 0.3 is 5.97 Å². The van der Waals surface area contributed by atoms with Gasteiger partial charge in [0.2, 0.25) is 0 Å². The van der Waals surface area contributed by atoms with E-state index in [4.69, 9.17) is 5.11 Å². The van der Waals surface area contributed by atoms with E-state index in [0.29, 0.717) is 5.82 Å². The van der Waals surface area contributed by atoms with Gasteiger partial charge in [-0.05, 0) is 17.7 Å². The first-order valence-electron chi connectivity index (χ1n) is 6.44. The molecule has 0 saturated heterocycles. The van der Waals surface area contributed by atoms with Gasteiger partial charge in [0.1, 0.15) is 6.07 Å². The standard InChI is InChI=1S/C16H10N4O2/c17-8-14-13(11-4-2-1-3-5-11)6-7-15(19-14)20-10-12(9-18-20)16(21)22/h1-7,9-10H,(H,21,22). The van der Waals surface area contributed by atoms with Crippen molar-refractivity contribution in [3.8, 4) is 23.0 Å². The van der Waals surface area contributed by atoms with Crippen molar-refractivity contribution in [3.05, 3.63) is 66.1 Å². The summed E-state index contributed by atoms with van der Waals surface area (Å²) in [6.45, 7) is 0. The number of carbonyl (C=O) groups is 1. The summed E-state index contributed by atoms with van der Waals surface area (Å²) < 4.78 is 1.33. The maximum Gasteiger partial charge on any atom is 0.338 e. The summed E-state index contributed by atoms with van der Waals surface area (Å²) in [5.41, 5.74) is 1.94. The summed E-state index contributed by atoms with van der Waals surface area (Å²) in [7, 11) is 0. The van der Waals surface area contributed by atoms with Crippen molar-refractivity contribution in [2.45, 2.75) is 0 Å². The molecule has 22 heavy (non-hydrogen) atoms. The lowest BCUT2D eigenvalue weighted by atomic mass is 10.0. The van der Waals surface area contributed by atoms with Gasteiger partial charge in [0, 0.05) is 11.8 Å². The predicted octanol–water partition coefficient (Wildman–Crippen LogP) is 2.50. The molecule has 106 valence electrons. The minimum absolute atomic E-state index is 0.0624. The molecule has 0 amide bonds. The first-order chi connectivity index (χ1) is 10.7. The van der Waals surface area contributed by atoms with Crippen molar-refractivity contribution in [3.63, 3.8) is 0 Å². The highest BCUT2D eigenvalue weighted by Crippen LogP contribution is 2.23. The molecule has 6 nitrogen and oxygen atoms in total. The van der Waals surface area contributed by atoms with Gasteiger partial charge in [-0.2, -0.15) is 10.4 Å². The van der Waals surface area contributed by atoms with Gasteiger partial charge in [-0.1, -0.05) is 30.3 Å². The summed E-state index contributed by atoms with van der Waals surface area (Å²) in [6.07, 6.45) is 2.59. The van der Waals surface area contributed by atoms with E-state index in [2.05, 4.69) is 16.2 Å². The van der Waals surface area contributed by atoms with Crippen LogP contribution in [0, 0.1) is 11.3 Å². The minimum Gasteiger partial charge on any atom is -0.478 e. The fourth-order valence-electron chi connectivity index (χ4n) is 2.07. The summed E-state index contributed by atoms with van der Waals surface area (Å²) >= 11 is 0. The molecule has 0 aliphatic rings. The maximum atomic E-state index is 10.9. The first kappa shape index (κ1) is 13.5. The number of benzene rings is 1. The van der Waals surface area contributed by atoms with E-state index in [9.17, 15) is 10.1 Å². The lowest BCUT2D eigenvalue weighted by Gasteiger charge is -2.06. The van der Waals surface area contributed by atoms with E-state index in [0.717, 1.165) is 11.1 Å². The number of pyridine rings is 1. The van der Waals surface area contributed by atoms with Crippen LogP contribution in [-0.2, 0) is 0 Å². The van der Waals surface area contributed by atoms with E-state index in [1.54, 1.807) is 12.1 Å². The molecule has 6 heteroatoms. The Morgan fingerprint density at radius 3 is 2.59 bits per heavy atom. The molecule has 0 aliphatic heterocycles. The molecular weight excluding hydrogens is 280 g/mol. The third-order valence-corrected chi connectivity index (χ3v) is 3.14. The molecule has 2 heterocycles. The van der Waals surface area contributed by atoms with E-state index < -0.39 is 5.97 Å².